The minimum absolute atomic E-state index is 0.0161. The van der Waals surface area contributed by atoms with E-state index in [1.165, 1.54) is 18.2 Å². The molecule has 1 unspecified atom stereocenters. The van der Waals surface area contributed by atoms with Gasteiger partial charge in [-0.05, 0) is 54.7 Å². The molecule has 1 fully saturated rings. The van der Waals surface area contributed by atoms with Crippen LogP contribution in [0.15, 0.2) is 53.1 Å². The van der Waals surface area contributed by atoms with Crippen molar-refractivity contribution in [2.75, 3.05) is 6.54 Å². The third-order valence-corrected chi connectivity index (χ3v) is 9.87. The molecule has 226 valence electrons. The zero-order valence-corrected chi connectivity index (χ0v) is 25.1. The predicted molar refractivity (Wildman–Crippen MR) is 157 cm³/mol. The third kappa shape index (κ3) is 7.62. The van der Waals surface area contributed by atoms with Crippen molar-refractivity contribution in [3.05, 3.63) is 81.9 Å². The molecule has 1 saturated carbocycles. The normalized spacial score (nSPS) is 14.0. The Morgan fingerprint density at radius 1 is 1.07 bits per heavy atom. The number of rotatable bonds is 12. The Labute approximate surface area is 251 Å². The summed E-state index contributed by atoms with van der Waals surface area (Å²) in [6.07, 6.45) is 1.72. The van der Waals surface area contributed by atoms with Crippen LogP contribution in [-0.2, 0) is 31.7 Å². The van der Waals surface area contributed by atoms with E-state index >= 15 is 0 Å². The van der Waals surface area contributed by atoms with E-state index in [0.29, 0.717) is 16.0 Å². The smallest absolute Gasteiger partial charge is 0.251 e. The number of benzene rings is 2. The molecule has 0 spiro atoms. The van der Waals surface area contributed by atoms with Gasteiger partial charge in [0.05, 0.1) is 34.8 Å². The van der Waals surface area contributed by atoms with Crippen molar-refractivity contribution < 1.29 is 31.7 Å². The van der Waals surface area contributed by atoms with Gasteiger partial charge in [-0.15, -0.1) is 11.3 Å². The average molecular weight is 628 g/mol. The van der Waals surface area contributed by atoms with Crippen LogP contribution in [0.25, 0.3) is 10.2 Å². The van der Waals surface area contributed by atoms with Gasteiger partial charge in [0.2, 0.25) is 11.8 Å². The van der Waals surface area contributed by atoms with E-state index in [1.807, 2.05) is 13.8 Å². The zero-order chi connectivity index (χ0) is 30.7. The highest BCUT2D eigenvalue weighted by Gasteiger charge is 2.37. The molecule has 0 bridgehead atoms. The maximum Gasteiger partial charge on any atom is 0.251 e. The number of fused-ring (bicyclic) bond motifs is 1. The van der Waals surface area contributed by atoms with Crippen molar-refractivity contribution in [3.8, 4) is 0 Å². The molecule has 1 atom stereocenters. The SMILES string of the molecule is CC(C)c1cc(CNC(=O)c2ccc3sc(C(C(=O)NCC(=O)NC4CC4)S(=O)(=O)Cc4ccc(F)cc4)nc3c2)on1. The summed E-state index contributed by atoms with van der Waals surface area (Å²) in [6.45, 7) is 3.69. The fourth-order valence-electron chi connectivity index (χ4n) is 4.24. The Bertz CT molecular complexity index is 1760. The van der Waals surface area contributed by atoms with Crippen molar-refractivity contribution in [1.29, 1.82) is 0 Å². The molecule has 1 aliphatic carbocycles. The van der Waals surface area contributed by atoms with Gasteiger partial charge in [-0.1, -0.05) is 31.1 Å². The van der Waals surface area contributed by atoms with Gasteiger partial charge in [0, 0.05) is 17.7 Å². The van der Waals surface area contributed by atoms with Crippen molar-refractivity contribution in [2.24, 2.45) is 0 Å². The maximum atomic E-state index is 13.6. The van der Waals surface area contributed by atoms with Crippen LogP contribution in [-0.4, -0.2) is 48.9 Å². The quantitative estimate of drug-likeness (QED) is 0.215. The fraction of sp³-hybridized carbons (Fsp3) is 0.345. The van der Waals surface area contributed by atoms with E-state index in [9.17, 15) is 27.2 Å². The van der Waals surface area contributed by atoms with Crippen LogP contribution in [0.2, 0.25) is 0 Å². The number of hydrogen-bond donors (Lipinski definition) is 3. The van der Waals surface area contributed by atoms with Crippen LogP contribution in [0.3, 0.4) is 0 Å². The van der Waals surface area contributed by atoms with Crippen LogP contribution in [0.5, 0.6) is 0 Å². The first kappa shape index (κ1) is 30.3. The molecule has 14 heteroatoms. The van der Waals surface area contributed by atoms with Gasteiger partial charge < -0.3 is 20.5 Å². The van der Waals surface area contributed by atoms with Gasteiger partial charge in [-0.25, -0.2) is 17.8 Å². The summed E-state index contributed by atoms with van der Waals surface area (Å²) >= 11 is 0.998. The Morgan fingerprint density at radius 2 is 1.81 bits per heavy atom. The lowest BCUT2D eigenvalue weighted by Crippen LogP contribution is -2.41. The Balaban J connectivity index is 1.37. The molecule has 0 saturated heterocycles. The number of nitrogens with one attached hydrogen (secondary N) is 3. The highest BCUT2D eigenvalue weighted by atomic mass is 32.2. The second-order valence-corrected chi connectivity index (χ2v) is 13.8. The molecule has 43 heavy (non-hydrogen) atoms. The number of aromatic nitrogens is 2. The molecule has 2 aromatic heterocycles. The van der Waals surface area contributed by atoms with Crippen LogP contribution >= 0.6 is 11.3 Å². The molecule has 3 amide bonds. The maximum absolute atomic E-state index is 13.6. The minimum Gasteiger partial charge on any atom is -0.359 e. The highest BCUT2D eigenvalue weighted by Crippen LogP contribution is 2.33. The molecule has 5 rings (SSSR count). The number of halogens is 1. The first-order valence-electron chi connectivity index (χ1n) is 13.7. The number of carbonyl (C=O) groups is 3. The molecular formula is C29H30FN5O6S2. The summed E-state index contributed by atoms with van der Waals surface area (Å²) in [6, 6.07) is 11.5. The number of amides is 3. The lowest BCUT2D eigenvalue weighted by molar-refractivity contribution is -0.126. The molecule has 4 aromatic rings. The third-order valence-electron chi connectivity index (χ3n) is 6.73. The van der Waals surface area contributed by atoms with Gasteiger partial charge in [0.1, 0.15) is 10.8 Å². The number of hydrogen-bond acceptors (Lipinski definition) is 9. The van der Waals surface area contributed by atoms with Crippen molar-refractivity contribution in [3.63, 3.8) is 0 Å². The average Bonchev–Trinajstić information content (AvgIpc) is 3.47. The lowest BCUT2D eigenvalue weighted by Gasteiger charge is -2.16. The minimum atomic E-state index is -4.23. The number of thiazole rings is 1. The van der Waals surface area contributed by atoms with Gasteiger partial charge in [0.25, 0.3) is 5.91 Å². The Kier molecular flexibility index (Phi) is 8.87. The predicted octanol–water partition coefficient (Wildman–Crippen LogP) is 3.53. The molecule has 2 heterocycles. The van der Waals surface area contributed by atoms with Gasteiger partial charge in [0.15, 0.2) is 20.8 Å². The van der Waals surface area contributed by atoms with Crippen LogP contribution in [0, 0.1) is 5.82 Å². The first-order valence-corrected chi connectivity index (χ1v) is 16.2. The fourth-order valence-corrected chi connectivity index (χ4v) is 7.35. The van der Waals surface area contributed by atoms with E-state index in [1.54, 1.807) is 18.2 Å². The molecule has 11 nitrogen and oxygen atoms in total. The number of nitrogens with zero attached hydrogens (tertiary/aromatic N) is 2. The number of sulfone groups is 1. The van der Waals surface area contributed by atoms with Crippen molar-refractivity contribution >= 4 is 49.1 Å². The Hall–Kier alpha value is -4.17. The first-order chi connectivity index (χ1) is 20.5. The molecule has 0 radical (unpaired) electrons. The number of carbonyl (C=O) groups excluding carboxylic acids is 3. The largest absolute Gasteiger partial charge is 0.359 e. The summed E-state index contributed by atoms with van der Waals surface area (Å²) in [5.74, 6) is -2.12. The topological polar surface area (TPSA) is 160 Å². The lowest BCUT2D eigenvalue weighted by atomic mass is 10.1. The van der Waals surface area contributed by atoms with E-state index in [0.717, 1.165) is 42.0 Å². The van der Waals surface area contributed by atoms with Gasteiger partial charge in [-0.2, -0.15) is 0 Å². The summed E-state index contributed by atoms with van der Waals surface area (Å²) in [4.78, 5) is 42.8. The van der Waals surface area contributed by atoms with Crippen LogP contribution in [0.4, 0.5) is 4.39 Å². The second kappa shape index (κ2) is 12.6. The monoisotopic (exact) mass is 627 g/mol. The highest BCUT2D eigenvalue weighted by molar-refractivity contribution is 7.91. The van der Waals surface area contributed by atoms with Gasteiger partial charge in [-0.3, -0.25) is 14.4 Å². The zero-order valence-electron chi connectivity index (χ0n) is 23.4. The van der Waals surface area contributed by atoms with E-state index in [2.05, 4.69) is 26.1 Å². The molecule has 1 aliphatic rings. The second-order valence-electron chi connectivity index (χ2n) is 10.7. The van der Waals surface area contributed by atoms with E-state index in [-0.39, 0.29) is 34.6 Å². The van der Waals surface area contributed by atoms with Crippen molar-refractivity contribution in [1.82, 2.24) is 26.1 Å². The van der Waals surface area contributed by atoms with Gasteiger partial charge >= 0.3 is 0 Å². The van der Waals surface area contributed by atoms with E-state index in [4.69, 9.17) is 4.52 Å². The van der Waals surface area contributed by atoms with Crippen LogP contribution in [0.1, 0.15) is 70.2 Å². The van der Waals surface area contributed by atoms with Crippen LogP contribution < -0.4 is 16.0 Å². The Morgan fingerprint density at radius 3 is 2.49 bits per heavy atom. The summed E-state index contributed by atoms with van der Waals surface area (Å²) in [5.41, 5.74) is 1.67. The summed E-state index contributed by atoms with van der Waals surface area (Å²) < 4.78 is 46.5. The summed E-state index contributed by atoms with van der Waals surface area (Å²) in [5, 5.41) is 10.1. The molecule has 3 N–H and O–H groups in total. The standard InChI is InChI=1S/C29H30FN5O6S2/c1-16(2)22-12-21(41-35-22)13-31-27(37)18-5-10-24-23(11-18)34-29(42-24)26(28(38)32-14-25(36)33-20-8-9-20)43(39,40)15-17-3-6-19(30)7-4-17/h3-7,10-12,16,20,26H,8-9,13-15H2,1-2H3,(H,31,37)(H,32,38)(H,33,36). The van der Waals surface area contributed by atoms with Crippen molar-refractivity contribution in [2.45, 2.75) is 56.2 Å². The van der Waals surface area contributed by atoms with E-state index < -0.39 is 50.9 Å². The summed E-state index contributed by atoms with van der Waals surface area (Å²) in [7, 11) is -4.23. The molecule has 0 aliphatic heterocycles. The molecular weight excluding hydrogens is 597 g/mol. The molecule has 2 aromatic carbocycles.